The van der Waals surface area contributed by atoms with E-state index in [1.165, 1.54) is 12.8 Å². The van der Waals surface area contributed by atoms with E-state index < -0.39 is 0 Å². The Hall–Kier alpha value is -1.43. The Morgan fingerprint density at radius 2 is 2.23 bits per heavy atom. The third-order valence-electron chi connectivity index (χ3n) is 3.72. The molecule has 22 heavy (non-hydrogen) atoms. The molecule has 2 rings (SSSR count). The van der Waals surface area contributed by atoms with E-state index in [-0.39, 0.29) is 0 Å². The van der Waals surface area contributed by atoms with Crippen molar-refractivity contribution in [3.63, 3.8) is 0 Å². The standard InChI is InChI=1S/C16H27N5S/c1-11(2)9-17-16(22)20-15-18-13(4)8-14(19-15)21-7-5-6-12(3)10-21/h8,11-12H,5-7,9-10H2,1-4H3,(H2,17,18,19,20,22)/t12-/m1/s1. The lowest BCUT2D eigenvalue weighted by Crippen LogP contribution is -2.35. The molecule has 1 aromatic rings. The van der Waals surface area contributed by atoms with Crippen molar-refractivity contribution in [1.82, 2.24) is 15.3 Å². The van der Waals surface area contributed by atoms with Crippen LogP contribution in [0.4, 0.5) is 11.8 Å². The minimum absolute atomic E-state index is 0.545. The first-order valence-electron chi connectivity index (χ1n) is 8.09. The highest BCUT2D eigenvalue weighted by molar-refractivity contribution is 7.80. The van der Waals surface area contributed by atoms with E-state index in [0.29, 0.717) is 22.9 Å². The highest BCUT2D eigenvalue weighted by atomic mass is 32.1. The van der Waals surface area contributed by atoms with Gasteiger partial charge in [0.05, 0.1) is 0 Å². The lowest BCUT2D eigenvalue weighted by atomic mass is 10.0. The van der Waals surface area contributed by atoms with Crippen LogP contribution in [0.2, 0.25) is 0 Å². The molecule has 6 heteroatoms. The number of piperidine rings is 1. The molecule has 1 fully saturated rings. The fourth-order valence-electron chi connectivity index (χ4n) is 2.61. The van der Waals surface area contributed by atoms with Gasteiger partial charge in [-0.15, -0.1) is 0 Å². The first-order valence-corrected chi connectivity index (χ1v) is 8.50. The van der Waals surface area contributed by atoms with Crippen LogP contribution in [-0.2, 0) is 0 Å². The Bertz CT molecular complexity index is 517. The number of aromatic nitrogens is 2. The molecule has 1 aromatic heterocycles. The van der Waals surface area contributed by atoms with Crippen LogP contribution in [0.25, 0.3) is 0 Å². The van der Waals surface area contributed by atoms with Gasteiger partial charge in [-0.2, -0.15) is 4.98 Å². The van der Waals surface area contributed by atoms with Crippen LogP contribution in [0.1, 0.15) is 39.3 Å². The average molecular weight is 321 g/mol. The summed E-state index contributed by atoms with van der Waals surface area (Å²) < 4.78 is 0. The smallest absolute Gasteiger partial charge is 0.231 e. The van der Waals surface area contributed by atoms with E-state index >= 15 is 0 Å². The number of nitrogens with one attached hydrogen (secondary N) is 2. The normalized spacial score (nSPS) is 18.4. The second-order valence-electron chi connectivity index (χ2n) is 6.61. The largest absolute Gasteiger partial charge is 0.362 e. The molecule has 0 bridgehead atoms. The third-order valence-corrected chi connectivity index (χ3v) is 3.96. The van der Waals surface area contributed by atoms with Crippen LogP contribution < -0.4 is 15.5 Å². The molecule has 0 radical (unpaired) electrons. The second kappa shape index (κ2) is 7.72. The molecule has 5 nitrogen and oxygen atoms in total. The van der Waals surface area contributed by atoms with Crippen molar-refractivity contribution in [3.05, 3.63) is 11.8 Å². The number of anilines is 2. The maximum atomic E-state index is 5.30. The number of aryl methyl sites for hydroxylation is 1. The molecule has 2 N–H and O–H groups in total. The van der Waals surface area contributed by atoms with Crippen LogP contribution in [-0.4, -0.2) is 34.7 Å². The van der Waals surface area contributed by atoms with Crippen molar-refractivity contribution < 1.29 is 0 Å². The van der Waals surface area contributed by atoms with Crippen LogP contribution in [0.15, 0.2) is 6.07 Å². The van der Waals surface area contributed by atoms with Gasteiger partial charge >= 0.3 is 0 Å². The fraction of sp³-hybridized carbons (Fsp3) is 0.688. The summed E-state index contributed by atoms with van der Waals surface area (Å²) in [5.74, 6) is 2.83. The minimum atomic E-state index is 0.545. The van der Waals surface area contributed by atoms with Crippen molar-refractivity contribution in [2.45, 2.75) is 40.5 Å². The van der Waals surface area contributed by atoms with Crippen molar-refractivity contribution in [2.24, 2.45) is 11.8 Å². The van der Waals surface area contributed by atoms with Crippen molar-refractivity contribution in [1.29, 1.82) is 0 Å². The number of thiocarbonyl (C=S) groups is 1. The van der Waals surface area contributed by atoms with Gasteiger partial charge in [0, 0.05) is 31.4 Å². The molecule has 122 valence electrons. The fourth-order valence-corrected chi connectivity index (χ4v) is 2.78. The molecule has 0 spiro atoms. The summed E-state index contributed by atoms with van der Waals surface area (Å²) in [5.41, 5.74) is 0.956. The van der Waals surface area contributed by atoms with Crippen LogP contribution in [0.5, 0.6) is 0 Å². The summed E-state index contributed by atoms with van der Waals surface area (Å²) >= 11 is 5.30. The first kappa shape index (κ1) is 16.9. The molecule has 1 aliphatic heterocycles. The molecule has 0 amide bonds. The molecular formula is C16H27N5S. The van der Waals surface area contributed by atoms with E-state index in [1.807, 2.05) is 13.0 Å². The zero-order valence-corrected chi connectivity index (χ0v) is 14.8. The van der Waals surface area contributed by atoms with Gasteiger partial charge in [-0.1, -0.05) is 20.8 Å². The molecule has 2 heterocycles. The number of hydrogen-bond acceptors (Lipinski definition) is 4. The van der Waals surface area contributed by atoms with Crippen LogP contribution in [0, 0.1) is 18.8 Å². The summed E-state index contributed by atoms with van der Waals surface area (Å²) in [6.07, 6.45) is 2.52. The van der Waals surface area contributed by atoms with Crippen LogP contribution in [0.3, 0.4) is 0 Å². The quantitative estimate of drug-likeness (QED) is 0.832. The maximum absolute atomic E-state index is 5.30. The van der Waals surface area contributed by atoms with Gasteiger partial charge in [0.2, 0.25) is 5.95 Å². The molecule has 1 aliphatic rings. The molecule has 1 atom stereocenters. The Morgan fingerprint density at radius 3 is 2.91 bits per heavy atom. The SMILES string of the molecule is Cc1cc(N2CCC[C@@H](C)C2)nc(NC(=S)NCC(C)C)n1. The van der Waals surface area contributed by atoms with Crippen molar-refractivity contribution >= 4 is 29.1 Å². The number of nitrogens with zero attached hydrogens (tertiary/aromatic N) is 3. The zero-order chi connectivity index (χ0) is 16.1. The topological polar surface area (TPSA) is 53.1 Å². The monoisotopic (exact) mass is 321 g/mol. The molecule has 0 saturated carbocycles. The molecular weight excluding hydrogens is 294 g/mol. The summed E-state index contributed by atoms with van der Waals surface area (Å²) in [4.78, 5) is 11.4. The van der Waals surface area contributed by atoms with Gasteiger partial charge in [-0.05, 0) is 43.8 Å². The predicted octanol–water partition coefficient (Wildman–Crippen LogP) is 2.96. The maximum Gasteiger partial charge on any atom is 0.231 e. The predicted molar refractivity (Wildman–Crippen MR) is 96.4 cm³/mol. The summed E-state index contributed by atoms with van der Waals surface area (Å²) in [6.45, 7) is 11.6. The minimum Gasteiger partial charge on any atom is -0.362 e. The molecule has 0 aromatic carbocycles. The van der Waals surface area contributed by atoms with Gasteiger partial charge < -0.3 is 15.5 Å². The van der Waals surface area contributed by atoms with E-state index in [1.54, 1.807) is 0 Å². The van der Waals surface area contributed by atoms with E-state index in [2.05, 4.69) is 46.3 Å². The Balaban J connectivity index is 2.04. The highest BCUT2D eigenvalue weighted by Gasteiger charge is 2.18. The van der Waals surface area contributed by atoms with E-state index in [0.717, 1.165) is 31.1 Å². The third kappa shape index (κ3) is 5.09. The van der Waals surface area contributed by atoms with Gasteiger partial charge in [0.1, 0.15) is 5.82 Å². The first-order chi connectivity index (χ1) is 10.4. The lowest BCUT2D eigenvalue weighted by Gasteiger charge is -2.32. The van der Waals surface area contributed by atoms with Gasteiger partial charge in [-0.3, -0.25) is 0 Å². The number of rotatable bonds is 4. The van der Waals surface area contributed by atoms with Gasteiger partial charge in [-0.25, -0.2) is 4.98 Å². The Kier molecular flexibility index (Phi) is 5.94. The number of hydrogen-bond donors (Lipinski definition) is 2. The Labute approximate surface area is 138 Å². The molecule has 0 aliphatic carbocycles. The summed E-state index contributed by atoms with van der Waals surface area (Å²) in [5, 5.41) is 6.86. The van der Waals surface area contributed by atoms with E-state index in [4.69, 9.17) is 12.2 Å². The van der Waals surface area contributed by atoms with E-state index in [9.17, 15) is 0 Å². The highest BCUT2D eigenvalue weighted by Crippen LogP contribution is 2.22. The summed E-state index contributed by atoms with van der Waals surface area (Å²) in [6, 6.07) is 2.05. The molecule has 0 unspecified atom stereocenters. The summed E-state index contributed by atoms with van der Waals surface area (Å²) in [7, 11) is 0. The van der Waals surface area contributed by atoms with Crippen LogP contribution >= 0.6 is 12.2 Å². The Morgan fingerprint density at radius 1 is 1.45 bits per heavy atom. The van der Waals surface area contributed by atoms with Gasteiger partial charge in [0.25, 0.3) is 0 Å². The van der Waals surface area contributed by atoms with Crippen molar-refractivity contribution in [3.8, 4) is 0 Å². The van der Waals surface area contributed by atoms with Gasteiger partial charge in [0.15, 0.2) is 5.11 Å². The van der Waals surface area contributed by atoms with Crippen molar-refractivity contribution in [2.75, 3.05) is 29.9 Å². The second-order valence-corrected chi connectivity index (χ2v) is 7.02. The average Bonchev–Trinajstić information content (AvgIpc) is 2.44. The lowest BCUT2D eigenvalue weighted by molar-refractivity contribution is 0.444. The zero-order valence-electron chi connectivity index (χ0n) is 14.0. The molecule has 1 saturated heterocycles.